The van der Waals surface area contributed by atoms with Crippen molar-refractivity contribution in [2.75, 3.05) is 31.6 Å². The number of benzene rings is 1. The number of fused-ring (bicyclic) bond motifs is 2. The molecule has 0 fully saturated rings. The van der Waals surface area contributed by atoms with Crippen LogP contribution in [0.25, 0.3) is 0 Å². The zero-order chi connectivity index (χ0) is 16.5. The molecule has 0 saturated carbocycles. The molecule has 0 bridgehead atoms. The maximum absolute atomic E-state index is 12.9. The number of nitrogens with zero attached hydrogens (tertiary/aromatic N) is 2. The maximum Gasteiger partial charge on any atom is 0.241 e. The molecule has 0 aliphatic carbocycles. The fraction of sp³-hybridized carbons (Fsp3) is 0.421. The molecule has 4 nitrogen and oxygen atoms in total. The summed E-state index contributed by atoms with van der Waals surface area (Å²) in [5.41, 5.74) is 3.66. The first-order valence-electron chi connectivity index (χ1n) is 8.49. The second kappa shape index (κ2) is 6.57. The standard InChI is InChI=1S/C19H22N2O2S/c1-23-16-4-5-17-14(11-16)3-2-8-21(17)19(22)13-20-9-6-18-15(12-20)7-10-24-18/h4-5,7,10-11H,2-3,6,8-9,12-13H2,1H3. The van der Waals surface area contributed by atoms with E-state index in [1.807, 2.05) is 28.4 Å². The fourth-order valence-corrected chi connectivity index (χ4v) is 4.57. The number of aryl methyl sites for hydroxylation is 1. The van der Waals surface area contributed by atoms with E-state index in [1.54, 1.807) is 7.11 Å². The highest BCUT2D eigenvalue weighted by molar-refractivity contribution is 7.10. The predicted molar refractivity (Wildman–Crippen MR) is 97.0 cm³/mol. The highest BCUT2D eigenvalue weighted by Crippen LogP contribution is 2.31. The summed E-state index contributed by atoms with van der Waals surface area (Å²) in [6.45, 7) is 3.19. The Morgan fingerprint density at radius 3 is 3.00 bits per heavy atom. The van der Waals surface area contributed by atoms with Crippen molar-refractivity contribution < 1.29 is 9.53 Å². The number of carbonyl (C=O) groups excluding carboxylic acids is 1. The number of methoxy groups -OCH3 is 1. The van der Waals surface area contributed by atoms with Crippen molar-refractivity contribution in [1.29, 1.82) is 0 Å². The lowest BCUT2D eigenvalue weighted by Gasteiger charge is -2.33. The van der Waals surface area contributed by atoms with Gasteiger partial charge in [0.2, 0.25) is 5.91 Å². The number of anilines is 1. The van der Waals surface area contributed by atoms with Gasteiger partial charge in [0.25, 0.3) is 0 Å². The van der Waals surface area contributed by atoms with Crippen molar-refractivity contribution in [2.45, 2.75) is 25.8 Å². The van der Waals surface area contributed by atoms with Crippen LogP contribution >= 0.6 is 11.3 Å². The van der Waals surface area contributed by atoms with E-state index < -0.39 is 0 Å². The Labute approximate surface area is 146 Å². The third-order valence-electron chi connectivity index (χ3n) is 4.95. The molecule has 24 heavy (non-hydrogen) atoms. The Hall–Kier alpha value is -1.85. The molecule has 0 spiro atoms. The molecule has 0 radical (unpaired) electrons. The largest absolute Gasteiger partial charge is 0.497 e. The number of rotatable bonds is 3. The second-order valence-corrected chi connectivity index (χ2v) is 7.47. The van der Waals surface area contributed by atoms with Crippen LogP contribution in [0.4, 0.5) is 5.69 Å². The first-order chi connectivity index (χ1) is 11.7. The predicted octanol–water partition coefficient (Wildman–Crippen LogP) is 3.09. The van der Waals surface area contributed by atoms with Crippen LogP contribution in [0, 0.1) is 0 Å². The van der Waals surface area contributed by atoms with Crippen LogP contribution in [0.3, 0.4) is 0 Å². The van der Waals surface area contributed by atoms with E-state index in [4.69, 9.17) is 4.74 Å². The first-order valence-corrected chi connectivity index (χ1v) is 9.37. The molecule has 0 saturated heterocycles. The monoisotopic (exact) mass is 342 g/mol. The van der Waals surface area contributed by atoms with E-state index >= 15 is 0 Å². The lowest BCUT2D eigenvalue weighted by molar-refractivity contribution is -0.120. The van der Waals surface area contributed by atoms with Crippen molar-refractivity contribution in [2.24, 2.45) is 0 Å². The van der Waals surface area contributed by atoms with Crippen molar-refractivity contribution >= 4 is 22.9 Å². The summed E-state index contributed by atoms with van der Waals surface area (Å²) in [5.74, 6) is 1.07. The van der Waals surface area contributed by atoms with Gasteiger partial charge in [0.15, 0.2) is 0 Å². The van der Waals surface area contributed by atoms with Crippen molar-refractivity contribution in [3.8, 4) is 5.75 Å². The van der Waals surface area contributed by atoms with Gasteiger partial charge >= 0.3 is 0 Å². The number of carbonyl (C=O) groups is 1. The summed E-state index contributed by atoms with van der Waals surface area (Å²) in [5, 5.41) is 2.16. The van der Waals surface area contributed by atoms with Gasteiger partial charge in [-0.3, -0.25) is 9.69 Å². The van der Waals surface area contributed by atoms with Gasteiger partial charge in [0, 0.05) is 30.2 Å². The first kappa shape index (κ1) is 15.7. The zero-order valence-corrected chi connectivity index (χ0v) is 14.8. The number of ether oxygens (including phenoxy) is 1. The van der Waals surface area contributed by atoms with E-state index in [0.29, 0.717) is 6.54 Å². The molecule has 1 aromatic carbocycles. The Morgan fingerprint density at radius 2 is 2.12 bits per heavy atom. The van der Waals surface area contributed by atoms with Gasteiger partial charge < -0.3 is 9.64 Å². The highest BCUT2D eigenvalue weighted by Gasteiger charge is 2.26. The Bertz CT molecular complexity index is 756. The quantitative estimate of drug-likeness (QED) is 0.859. The minimum Gasteiger partial charge on any atom is -0.497 e. The SMILES string of the molecule is COc1ccc2c(c1)CCCN2C(=O)CN1CCc2sccc2C1. The van der Waals surface area contributed by atoms with Gasteiger partial charge in [0.1, 0.15) is 5.75 Å². The normalized spacial score (nSPS) is 17.3. The van der Waals surface area contributed by atoms with Crippen molar-refractivity contribution in [3.05, 3.63) is 45.6 Å². The molecule has 126 valence electrons. The van der Waals surface area contributed by atoms with E-state index in [1.165, 1.54) is 16.0 Å². The zero-order valence-electron chi connectivity index (χ0n) is 14.0. The van der Waals surface area contributed by atoms with Crippen LogP contribution in [-0.4, -0.2) is 37.6 Å². The molecular weight excluding hydrogens is 320 g/mol. The summed E-state index contributed by atoms with van der Waals surface area (Å²) in [6.07, 6.45) is 3.09. The molecule has 5 heteroatoms. The highest BCUT2D eigenvalue weighted by atomic mass is 32.1. The molecule has 0 atom stereocenters. The third kappa shape index (κ3) is 2.94. The molecule has 2 aromatic rings. The number of hydrogen-bond acceptors (Lipinski definition) is 4. The summed E-state index contributed by atoms with van der Waals surface area (Å²) >= 11 is 1.83. The second-order valence-electron chi connectivity index (χ2n) is 6.47. The van der Waals surface area contributed by atoms with Crippen LogP contribution < -0.4 is 9.64 Å². The average Bonchev–Trinajstić information content (AvgIpc) is 3.08. The van der Waals surface area contributed by atoms with Gasteiger partial charge in [-0.1, -0.05) is 0 Å². The molecule has 2 aliphatic heterocycles. The van der Waals surface area contributed by atoms with Crippen molar-refractivity contribution in [3.63, 3.8) is 0 Å². The van der Waals surface area contributed by atoms with Crippen LogP contribution in [0.15, 0.2) is 29.6 Å². The minimum atomic E-state index is 0.208. The van der Waals surface area contributed by atoms with Crippen LogP contribution in [0.2, 0.25) is 0 Å². The van der Waals surface area contributed by atoms with Gasteiger partial charge in [-0.2, -0.15) is 0 Å². The Kier molecular flexibility index (Phi) is 4.29. The van der Waals surface area contributed by atoms with Crippen LogP contribution in [0.1, 0.15) is 22.4 Å². The van der Waals surface area contributed by atoms with E-state index in [-0.39, 0.29) is 5.91 Å². The van der Waals surface area contributed by atoms with Gasteiger partial charge in [-0.15, -0.1) is 11.3 Å². The molecule has 1 aromatic heterocycles. The maximum atomic E-state index is 12.9. The molecule has 4 rings (SSSR count). The lowest BCUT2D eigenvalue weighted by atomic mass is 10.0. The van der Waals surface area contributed by atoms with Crippen molar-refractivity contribution in [1.82, 2.24) is 4.90 Å². The van der Waals surface area contributed by atoms with E-state index in [2.05, 4.69) is 22.4 Å². The molecule has 3 heterocycles. The number of hydrogen-bond donors (Lipinski definition) is 0. The minimum absolute atomic E-state index is 0.208. The molecular formula is C19H22N2O2S. The van der Waals surface area contributed by atoms with Gasteiger partial charge in [0.05, 0.1) is 13.7 Å². The average molecular weight is 342 g/mol. The summed E-state index contributed by atoms with van der Waals surface area (Å²) in [4.78, 5) is 18.6. The molecule has 1 amide bonds. The fourth-order valence-electron chi connectivity index (χ4n) is 3.68. The van der Waals surface area contributed by atoms with Crippen LogP contribution in [0.5, 0.6) is 5.75 Å². The van der Waals surface area contributed by atoms with Crippen LogP contribution in [-0.2, 0) is 24.2 Å². The van der Waals surface area contributed by atoms with E-state index in [0.717, 1.165) is 50.3 Å². The Morgan fingerprint density at radius 1 is 1.21 bits per heavy atom. The lowest BCUT2D eigenvalue weighted by Crippen LogP contribution is -2.44. The smallest absolute Gasteiger partial charge is 0.241 e. The van der Waals surface area contributed by atoms with Gasteiger partial charge in [-0.25, -0.2) is 0 Å². The summed E-state index contributed by atoms with van der Waals surface area (Å²) in [7, 11) is 1.68. The Balaban J connectivity index is 1.48. The molecule has 0 unspecified atom stereocenters. The van der Waals surface area contributed by atoms with E-state index in [9.17, 15) is 4.79 Å². The number of amides is 1. The molecule has 2 aliphatic rings. The number of thiophene rings is 1. The third-order valence-corrected chi connectivity index (χ3v) is 5.97. The summed E-state index contributed by atoms with van der Waals surface area (Å²) in [6, 6.07) is 8.23. The molecule has 0 N–H and O–H groups in total. The topological polar surface area (TPSA) is 32.8 Å². The van der Waals surface area contributed by atoms with Gasteiger partial charge in [-0.05, 0) is 60.0 Å². The summed E-state index contributed by atoms with van der Waals surface area (Å²) < 4.78 is 5.31.